The molecule has 2 aliphatic heterocycles. The van der Waals surface area contributed by atoms with Gasteiger partial charge in [-0.25, -0.2) is 8.42 Å². The second-order valence-electron chi connectivity index (χ2n) is 5.39. The van der Waals surface area contributed by atoms with Crippen molar-refractivity contribution in [1.29, 1.82) is 0 Å². The van der Waals surface area contributed by atoms with Gasteiger partial charge in [-0.3, -0.25) is 0 Å². The van der Waals surface area contributed by atoms with Crippen molar-refractivity contribution in [3.05, 3.63) is 23.8 Å². The second kappa shape index (κ2) is 5.92. The van der Waals surface area contributed by atoms with Crippen molar-refractivity contribution in [2.45, 2.75) is 23.8 Å². The largest absolute Gasteiger partial charge is 0.394 e. The number of anilines is 1. The number of nitrogens with one attached hydrogen (secondary N) is 1. The van der Waals surface area contributed by atoms with Gasteiger partial charge in [-0.05, 0) is 36.6 Å². The molecule has 1 fully saturated rings. The van der Waals surface area contributed by atoms with Crippen LogP contribution in [-0.2, 0) is 21.2 Å². The quantitative estimate of drug-likeness (QED) is 0.846. The lowest BCUT2D eigenvalue weighted by Crippen LogP contribution is -2.46. The number of rotatable bonds is 3. The first-order valence-electron chi connectivity index (χ1n) is 7.20. The van der Waals surface area contributed by atoms with Gasteiger partial charge in [-0.15, -0.1) is 0 Å². The summed E-state index contributed by atoms with van der Waals surface area (Å²) in [6.45, 7) is 1.61. The Kier molecular flexibility index (Phi) is 4.17. The number of fused-ring (bicyclic) bond motifs is 1. The molecule has 2 aliphatic rings. The summed E-state index contributed by atoms with van der Waals surface area (Å²) >= 11 is 0. The number of aliphatic hydroxyl groups excluding tert-OH is 1. The van der Waals surface area contributed by atoms with Crippen LogP contribution >= 0.6 is 0 Å². The van der Waals surface area contributed by atoms with Crippen LogP contribution in [0.3, 0.4) is 0 Å². The zero-order valence-corrected chi connectivity index (χ0v) is 12.6. The Morgan fingerprint density at radius 1 is 1.43 bits per heavy atom. The molecule has 6 nitrogen and oxygen atoms in total. The third-order valence-corrected chi connectivity index (χ3v) is 5.82. The first kappa shape index (κ1) is 14.8. The summed E-state index contributed by atoms with van der Waals surface area (Å²) < 4.78 is 32.1. The van der Waals surface area contributed by atoms with Gasteiger partial charge in [0.25, 0.3) is 0 Å². The summed E-state index contributed by atoms with van der Waals surface area (Å²) in [6.07, 6.45) is 1.47. The molecule has 1 aromatic rings. The first-order chi connectivity index (χ1) is 10.1. The van der Waals surface area contributed by atoms with Crippen LogP contribution in [-0.4, -0.2) is 56.8 Å². The van der Waals surface area contributed by atoms with Crippen molar-refractivity contribution in [2.24, 2.45) is 0 Å². The van der Waals surface area contributed by atoms with Gasteiger partial charge >= 0.3 is 0 Å². The standard InChI is InChI=1S/C14H20N2O4S/c17-10-12-9-16(6-7-20-12)21(18,19)13-3-4-14-11(8-13)2-1-5-15-14/h3-4,8,12,15,17H,1-2,5-7,9-10H2. The molecule has 2 heterocycles. The van der Waals surface area contributed by atoms with Gasteiger partial charge in [0, 0.05) is 25.3 Å². The number of benzene rings is 1. The molecule has 0 aromatic heterocycles. The fourth-order valence-electron chi connectivity index (χ4n) is 2.78. The van der Waals surface area contributed by atoms with Crippen LogP contribution in [0, 0.1) is 0 Å². The number of hydrogen-bond acceptors (Lipinski definition) is 5. The van der Waals surface area contributed by atoms with Gasteiger partial charge in [-0.2, -0.15) is 4.31 Å². The van der Waals surface area contributed by atoms with E-state index in [-0.39, 0.29) is 13.2 Å². The van der Waals surface area contributed by atoms with Crippen molar-refractivity contribution < 1.29 is 18.3 Å². The molecule has 1 aromatic carbocycles. The van der Waals surface area contributed by atoms with E-state index in [1.165, 1.54) is 4.31 Å². The molecule has 3 rings (SSSR count). The fraction of sp³-hybridized carbons (Fsp3) is 0.571. The molecule has 0 aliphatic carbocycles. The highest BCUT2D eigenvalue weighted by Crippen LogP contribution is 2.27. The highest BCUT2D eigenvalue weighted by Gasteiger charge is 2.31. The third kappa shape index (κ3) is 2.91. The second-order valence-corrected chi connectivity index (χ2v) is 7.33. The molecule has 1 unspecified atom stereocenters. The van der Waals surface area contributed by atoms with E-state index in [2.05, 4.69) is 5.32 Å². The van der Waals surface area contributed by atoms with Gasteiger partial charge in [0.05, 0.1) is 24.2 Å². The Morgan fingerprint density at radius 3 is 3.10 bits per heavy atom. The SMILES string of the molecule is O=S(=O)(c1ccc2c(c1)CCCN2)N1CCOC(CO)C1. The minimum Gasteiger partial charge on any atom is -0.394 e. The molecule has 0 amide bonds. The maximum absolute atomic E-state index is 12.7. The number of ether oxygens (including phenoxy) is 1. The molecule has 1 atom stereocenters. The van der Waals surface area contributed by atoms with Crippen LogP contribution in [0.5, 0.6) is 0 Å². The molecule has 21 heavy (non-hydrogen) atoms. The van der Waals surface area contributed by atoms with Gasteiger partial charge in [-0.1, -0.05) is 0 Å². The number of aryl methyl sites for hydroxylation is 1. The van der Waals surface area contributed by atoms with Crippen molar-refractivity contribution in [2.75, 3.05) is 38.2 Å². The molecule has 116 valence electrons. The third-order valence-electron chi connectivity index (χ3n) is 3.96. The maximum atomic E-state index is 12.7. The number of morpholine rings is 1. The lowest BCUT2D eigenvalue weighted by molar-refractivity contribution is -0.0304. The summed E-state index contributed by atoms with van der Waals surface area (Å²) in [5, 5.41) is 12.4. The molecule has 0 bridgehead atoms. The average Bonchev–Trinajstić information content (AvgIpc) is 2.54. The predicted molar refractivity (Wildman–Crippen MR) is 78.8 cm³/mol. The smallest absolute Gasteiger partial charge is 0.243 e. The van der Waals surface area contributed by atoms with Gasteiger partial charge in [0.2, 0.25) is 10.0 Å². The summed E-state index contributed by atoms with van der Waals surface area (Å²) in [6, 6.07) is 5.25. The van der Waals surface area contributed by atoms with E-state index in [4.69, 9.17) is 9.84 Å². The summed E-state index contributed by atoms with van der Waals surface area (Å²) in [5.41, 5.74) is 2.07. The normalized spacial score (nSPS) is 23.4. The van der Waals surface area contributed by atoms with E-state index in [9.17, 15) is 8.42 Å². The molecule has 0 radical (unpaired) electrons. The molecule has 2 N–H and O–H groups in total. The first-order valence-corrected chi connectivity index (χ1v) is 8.64. The molecule has 0 spiro atoms. The summed E-state index contributed by atoms with van der Waals surface area (Å²) in [4.78, 5) is 0.323. The van der Waals surface area contributed by atoms with E-state index in [1.807, 2.05) is 6.07 Å². The van der Waals surface area contributed by atoms with Gasteiger partial charge in [0.1, 0.15) is 0 Å². The van der Waals surface area contributed by atoms with Crippen LogP contribution in [0.2, 0.25) is 0 Å². The molecule has 0 saturated carbocycles. The minimum absolute atomic E-state index is 0.167. The van der Waals surface area contributed by atoms with Gasteiger partial charge in [0.15, 0.2) is 0 Å². The maximum Gasteiger partial charge on any atom is 0.243 e. The van der Waals surface area contributed by atoms with E-state index in [1.54, 1.807) is 12.1 Å². The Bertz CT molecular complexity index is 617. The van der Waals surface area contributed by atoms with Crippen LogP contribution in [0.1, 0.15) is 12.0 Å². The topological polar surface area (TPSA) is 78.9 Å². The van der Waals surface area contributed by atoms with Gasteiger partial charge < -0.3 is 15.2 Å². The molecular weight excluding hydrogens is 292 g/mol. The summed E-state index contributed by atoms with van der Waals surface area (Å²) in [5.74, 6) is 0. The lowest BCUT2D eigenvalue weighted by atomic mass is 10.0. The molecule has 1 saturated heterocycles. The van der Waals surface area contributed by atoms with Crippen LogP contribution in [0.4, 0.5) is 5.69 Å². The van der Waals surface area contributed by atoms with E-state index >= 15 is 0 Å². The lowest BCUT2D eigenvalue weighted by Gasteiger charge is -2.31. The minimum atomic E-state index is -3.52. The van der Waals surface area contributed by atoms with Crippen LogP contribution in [0.15, 0.2) is 23.1 Å². The molecular formula is C14H20N2O4S. The van der Waals surface area contributed by atoms with E-state index in [0.717, 1.165) is 30.6 Å². The van der Waals surface area contributed by atoms with E-state index in [0.29, 0.717) is 18.0 Å². The highest BCUT2D eigenvalue weighted by atomic mass is 32.2. The molecule has 7 heteroatoms. The number of aliphatic hydroxyl groups is 1. The number of nitrogens with zero attached hydrogens (tertiary/aromatic N) is 1. The zero-order valence-electron chi connectivity index (χ0n) is 11.8. The van der Waals surface area contributed by atoms with Crippen molar-refractivity contribution in [1.82, 2.24) is 4.31 Å². The Morgan fingerprint density at radius 2 is 2.29 bits per heavy atom. The Labute approximate surface area is 124 Å². The number of sulfonamides is 1. The van der Waals surface area contributed by atoms with E-state index < -0.39 is 16.1 Å². The van der Waals surface area contributed by atoms with Crippen LogP contribution in [0.25, 0.3) is 0 Å². The van der Waals surface area contributed by atoms with Crippen LogP contribution < -0.4 is 5.32 Å². The average molecular weight is 312 g/mol. The monoisotopic (exact) mass is 312 g/mol. The number of hydrogen-bond donors (Lipinski definition) is 2. The van der Waals surface area contributed by atoms with Crippen molar-refractivity contribution >= 4 is 15.7 Å². The predicted octanol–water partition coefficient (Wildman–Crippen LogP) is 0.426. The van der Waals surface area contributed by atoms with Crippen molar-refractivity contribution in [3.8, 4) is 0 Å². The Hall–Kier alpha value is -1.15. The Balaban J connectivity index is 1.87. The highest BCUT2D eigenvalue weighted by molar-refractivity contribution is 7.89. The fourth-order valence-corrected chi connectivity index (χ4v) is 4.29. The van der Waals surface area contributed by atoms with Crippen molar-refractivity contribution in [3.63, 3.8) is 0 Å². The summed E-state index contributed by atoms with van der Waals surface area (Å²) in [7, 11) is -3.52. The zero-order chi connectivity index (χ0) is 14.9.